The van der Waals surface area contributed by atoms with Gasteiger partial charge < -0.3 is 10.1 Å². The van der Waals surface area contributed by atoms with Crippen molar-refractivity contribution in [2.24, 2.45) is 11.8 Å². The quantitative estimate of drug-likeness (QED) is 0.589. The van der Waals surface area contributed by atoms with Crippen molar-refractivity contribution in [3.63, 3.8) is 0 Å². The SMILES string of the molecule is CCC(CC)C(CNC(=O)C1CCN(S(=O)(=O)c2ccc(C)cc2C)CC1)N1CCOCC1. The molecule has 2 saturated heterocycles. The summed E-state index contributed by atoms with van der Waals surface area (Å²) in [6.45, 7) is 13.0. The Labute approximate surface area is 199 Å². The van der Waals surface area contributed by atoms with Gasteiger partial charge in [0.1, 0.15) is 0 Å². The summed E-state index contributed by atoms with van der Waals surface area (Å²) in [7, 11) is -3.53. The molecule has 8 heteroatoms. The monoisotopic (exact) mass is 479 g/mol. The van der Waals surface area contributed by atoms with E-state index in [1.807, 2.05) is 26.0 Å². The number of benzene rings is 1. The van der Waals surface area contributed by atoms with Crippen LogP contribution in [0.25, 0.3) is 0 Å². The van der Waals surface area contributed by atoms with Gasteiger partial charge in [-0.15, -0.1) is 0 Å². The molecule has 1 N–H and O–H groups in total. The van der Waals surface area contributed by atoms with Crippen molar-refractivity contribution >= 4 is 15.9 Å². The van der Waals surface area contributed by atoms with Crippen molar-refractivity contribution in [3.05, 3.63) is 29.3 Å². The van der Waals surface area contributed by atoms with Gasteiger partial charge in [-0.1, -0.05) is 44.4 Å². The largest absolute Gasteiger partial charge is 0.379 e. The number of rotatable bonds is 9. The van der Waals surface area contributed by atoms with E-state index in [0.717, 1.165) is 50.3 Å². The second-order valence-electron chi connectivity index (χ2n) is 9.48. The van der Waals surface area contributed by atoms with Gasteiger partial charge >= 0.3 is 0 Å². The molecule has 0 aliphatic carbocycles. The van der Waals surface area contributed by atoms with E-state index < -0.39 is 10.0 Å². The highest BCUT2D eigenvalue weighted by molar-refractivity contribution is 7.89. The van der Waals surface area contributed by atoms with Crippen molar-refractivity contribution < 1.29 is 17.9 Å². The van der Waals surface area contributed by atoms with E-state index in [1.165, 1.54) is 4.31 Å². The van der Waals surface area contributed by atoms with Crippen LogP contribution in [-0.2, 0) is 19.6 Å². The van der Waals surface area contributed by atoms with Crippen molar-refractivity contribution in [1.82, 2.24) is 14.5 Å². The molecule has 7 nitrogen and oxygen atoms in total. The molecule has 0 saturated carbocycles. The van der Waals surface area contributed by atoms with Gasteiger partial charge in [0.05, 0.1) is 18.1 Å². The fraction of sp³-hybridized carbons (Fsp3) is 0.720. The van der Waals surface area contributed by atoms with Gasteiger partial charge in [0.25, 0.3) is 0 Å². The number of ether oxygens (including phenoxy) is 1. The van der Waals surface area contributed by atoms with Crippen LogP contribution in [0.1, 0.15) is 50.7 Å². The Hall–Kier alpha value is -1.48. The van der Waals surface area contributed by atoms with Crippen LogP contribution in [0, 0.1) is 25.7 Å². The minimum absolute atomic E-state index is 0.0581. The van der Waals surface area contributed by atoms with Gasteiger partial charge in [0, 0.05) is 44.7 Å². The van der Waals surface area contributed by atoms with Crippen LogP contribution in [0.15, 0.2) is 23.1 Å². The zero-order chi connectivity index (χ0) is 24.0. The van der Waals surface area contributed by atoms with E-state index in [9.17, 15) is 13.2 Å². The first-order valence-electron chi connectivity index (χ1n) is 12.4. The molecule has 1 aromatic carbocycles. The number of piperidine rings is 1. The van der Waals surface area contributed by atoms with Crippen LogP contribution in [-0.4, -0.2) is 75.5 Å². The maximum atomic E-state index is 13.1. The molecule has 186 valence electrons. The molecular weight excluding hydrogens is 438 g/mol. The first-order chi connectivity index (χ1) is 15.8. The van der Waals surface area contributed by atoms with E-state index in [2.05, 4.69) is 24.1 Å². The number of amides is 1. The van der Waals surface area contributed by atoms with Crippen LogP contribution in [0.5, 0.6) is 0 Å². The normalized spacial score (nSPS) is 20.2. The number of carbonyl (C=O) groups excluding carboxylic acids is 1. The average molecular weight is 480 g/mol. The number of nitrogens with zero attached hydrogens (tertiary/aromatic N) is 2. The lowest BCUT2D eigenvalue weighted by atomic mass is 9.91. The van der Waals surface area contributed by atoms with Gasteiger partial charge in [-0.25, -0.2) is 8.42 Å². The molecule has 0 radical (unpaired) electrons. The smallest absolute Gasteiger partial charge is 0.243 e. The van der Waals surface area contributed by atoms with Crippen LogP contribution in [0.3, 0.4) is 0 Å². The van der Waals surface area contributed by atoms with E-state index in [0.29, 0.717) is 49.3 Å². The first-order valence-corrected chi connectivity index (χ1v) is 13.9. The summed E-state index contributed by atoms with van der Waals surface area (Å²) in [5.74, 6) is 0.457. The third-order valence-electron chi connectivity index (χ3n) is 7.37. The third-order valence-corrected chi connectivity index (χ3v) is 9.42. The molecule has 1 unspecified atom stereocenters. The Morgan fingerprint density at radius 2 is 1.73 bits per heavy atom. The Morgan fingerprint density at radius 1 is 1.09 bits per heavy atom. The van der Waals surface area contributed by atoms with Gasteiger partial charge in [-0.3, -0.25) is 9.69 Å². The molecule has 1 atom stereocenters. The highest BCUT2D eigenvalue weighted by Crippen LogP contribution is 2.27. The summed E-state index contributed by atoms with van der Waals surface area (Å²) in [6.07, 6.45) is 3.29. The molecule has 0 aromatic heterocycles. The molecule has 2 heterocycles. The average Bonchev–Trinajstić information content (AvgIpc) is 2.82. The van der Waals surface area contributed by atoms with Gasteiger partial charge in [0.2, 0.25) is 15.9 Å². The highest BCUT2D eigenvalue weighted by atomic mass is 32.2. The molecule has 3 rings (SSSR count). The molecule has 2 aliphatic heterocycles. The molecule has 33 heavy (non-hydrogen) atoms. The zero-order valence-electron chi connectivity index (χ0n) is 20.7. The molecule has 2 fully saturated rings. The predicted octanol–water partition coefficient (Wildman–Crippen LogP) is 2.96. The maximum Gasteiger partial charge on any atom is 0.243 e. The fourth-order valence-electron chi connectivity index (χ4n) is 5.27. The number of hydrogen-bond acceptors (Lipinski definition) is 5. The minimum Gasteiger partial charge on any atom is -0.379 e. The summed E-state index contributed by atoms with van der Waals surface area (Å²) < 4.78 is 33.3. The van der Waals surface area contributed by atoms with Crippen LogP contribution in [0.4, 0.5) is 0 Å². The lowest BCUT2D eigenvalue weighted by Gasteiger charge is -2.39. The summed E-state index contributed by atoms with van der Waals surface area (Å²) in [4.78, 5) is 15.8. The van der Waals surface area contributed by atoms with Gasteiger partial charge in [-0.2, -0.15) is 4.31 Å². The number of carbonyl (C=O) groups is 1. The van der Waals surface area contributed by atoms with Gasteiger partial charge in [0.15, 0.2) is 0 Å². The summed E-state index contributed by atoms with van der Waals surface area (Å²) in [5, 5.41) is 3.21. The predicted molar refractivity (Wildman–Crippen MR) is 131 cm³/mol. The number of nitrogens with one attached hydrogen (secondary N) is 1. The molecule has 1 aromatic rings. The second kappa shape index (κ2) is 11.8. The van der Waals surface area contributed by atoms with Gasteiger partial charge in [-0.05, 0) is 44.2 Å². The van der Waals surface area contributed by atoms with Crippen LogP contribution in [0.2, 0.25) is 0 Å². The maximum absolute atomic E-state index is 13.1. The molecule has 2 aliphatic rings. The lowest BCUT2D eigenvalue weighted by Crippen LogP contribution is -2.53. The summed E-state index contributed by atoms with van der Waals surface area (Å²) in [6, 6.07) is 5.75. The Morgan fingerprint density at radius 3 is 2.30 bits per heavy atom. The van der Waals surface area contributed by atoms with Crippen LogP contribution >= 0.6 is 0 Å². The summed E-state index contributed by atoms with van der Waals surface area (Å²) in [5.41, 5.74) is 1.82. The van der Waals surface area contributed by atoms with E-state index in [-0.39, 0.29) is 11.8 Å². The number of morpholine rings is 1. The minimum atomic E-state index is -3.53. The lowest BCUT2D eigenvalue weighted by molar-refractivity contribution is -0.126. The molecule has 0 spiro atoms. The number of hydrogen-bond donors (Lipinski definition) is 1. The Balaban J connectivity index is 1.57. The number of aryl methyl sites for hydroxylation is 2. The van der Waals surface area contributed by atoms with E-state index >= 15 is 0 Å². The summed E-state index contributed by atoms with van der Waals surface area (Å²) >= 11 is 0. The molecule has 0 bridgehead atoms. The second-order valence-corrected chi connectivity index (χ2v) is 11.4. The Bertz CT molecular complexity index is 887. The van der Waals surface area contributed by atoms with Crippen molar-refractivity contribution in [2.45, 2.75) is 64.3 Å². The van der Waals surface area contributed by atoms with Crippen LogP contribution < -0.4 is 5.32 Å². The molecule has 1 amide bonds. The van der Waals surface area contributed by atoms with Crippen molar-refractivity contribution in [3.8, 4) is 0 Å². The number of sulfonamides is 1. The topological polar surface area (TPSA) is 79.0 Å². The highest BCUT2D eigenvalue weighted by Gasteiger charge is 2.34. The Kier molecular flexibility index (Phi) is 9.33. The van der Waals surface area contributed by atoms with Crippen molar-refractivity contribution in [1.29, 1.82) is 0 Å². The van der Waals surface area contributed by atoms with E-state index in [1.54, 1.807) is 6.07 Å². The van der Waals surface area contributed by atoms with E-state index in [4.69, 9.17) is 4.74 Å². The fourth-order valence-corrected chi connectivity index (χ4v) is 6.95. The standard InChI is InChI=1S/C25H41N3O4S/c1-5-21(6-2)23(27-13-15-32-16-14-27)18-26-25(29)22-9-11-28(12-10-22)33(30,31)24-8-7-19(3)17-20(24)4/h7-8,17,21-23H,5-6,9-16,18H2,1-4H3,(H,26,29). The molecular formula is C25H41N3O4S. The zero-order valence-corrected chi connectivity index (χ0v) is 21.5. The van der Waals surface area contributed by atoms with Crippen molar-refractivity contribution in [2.75, 3.05) is 45.9 Å². The third kappa shape index (κ3) is 6.35. The first kappa shape index (κ1) is 26.1.